The number of hydrogen-bond donors (Lipinski definition) is 1. The number of carboxylic acids is 1. The van der Waals surface area contributed by atoms with Crippen LogP contribution in [0.1, 0.15) is 27.3 Å². The molecule has 0 bridgehead atoms. The Bertz CT molecular complexity index is 738. The Morgan fingerprint density at radius 1 is 1.43 bits per heavy atom. The Labute approximate surface area is 120 Å². The second kappa shape index (κ2) is 6.01. The molecule has 21 heavy (non-hydrogen) atoms. The summed E-state index contributed by atoms with van der Waals surface area (Å²) in [5.74, 6) is -1.66. The average molecular weight is 286 g/mol. The van der Waals surface area contributed by atoms with E-state index >= 15 is 0 Å². The van der Waals surface area contributed by atoms with Crippen molar-refractivity contribution in [2.45, 2.75) is 13.5 Å². The monoisotopic (exact) mass is 286 g/mol. The van der Waals surface area contributed by atoms with Crippen molar-refractivity contribution in [3.63, 3.8) is 0 Å². The van der Waals surface area contributed by atoms with Gasteiger partial charge in [0.1, 0.15) is 12.4 Å². The maximum atomic E-state index is 13.3. The van der Waals surface area contributed by atoms with Crippen LogP contribution in [0.25, 0.3) is 0 Å². The molecule has 0 spiro atoms. The van der Waals surface area contributed by atoms with Gasteiger partial charge in [0, 0.05) is 5.69 Å². The van der Waals surface area contributed by atoms with Crippen LogP contribution >= 0.6 is 0 Å². The number of halogens is 1. The Hall–Kier alpha value is -2.94. The van der Waals surface area contributed by atoms with Crippen LogP contribution in [0.5, 0.6) is 5.75 Å². The van der Waals surface area contributed by atoms with E-state index in [1.807, 2.05) is 6.07 Å². The summed E-state index contributed by atoms with van der Waals surface area (Å²) in [5.41, 5.74) is 0.960. The zero-order chi connectivity index (χ0) is 15.4. The van der Waals surface area contributed by atoms with Gasteiger partial charge in [-0.1, -0.05) is 0 Å². The van der Waals surface area contributed by atoms with E-state index in [0.29, 0.717) is 11.3 Å². The van der Waals surface area contributed by atoms with Gasteiger partial charge in [0.15, 0.2) is 11.4 Å². The fraction of sp³-hybridized carbons (Fsp3) is 0.133. The first-order valence-corrected chi connectivity index (χ1v) is 6.03. The molecule has 0 amide bonds. The van der Waals surface area contributed by atoms with Crippen molar-refractivity contribution in [2.75, 3.05) is 0 Å². The Morgan fingerprint density at radius 2 is 2.19 bits per heavy atom. The lowest BCUT2D eigenvalue weighted by Crippen LogP contribution is -2.07. The molecule has 1 heterocycles. The van der Waals surface area contributed by atoms with E-state index < -0.39 is 11.8 Å². The fourth-order valence-corrected chi connectivity index (χ4v) is 1.77. The van der Waals surface area contributed by atoms with Crippen molar-refractivity contribution in [1.82, 2.24) is 4.98 Å². The van der Waals surface area contributed by atoms with E-state index in [-0.39, 0.29) is 23.6 Å². The largest absolute Gasteiger partial charge is 0.486 e. The van der Waals surface area contributed by atoms with E-state index in [9.17, 15) is 9.18 Å². The maximum absolute atomic E-state index is 13.3. The first kappa shape index (κ1) is 14.5. The van der Waals surface area contributed by atoms with Crippen molar-refractivity contribution < 1.29 is 19.0 Å². The van der Waals surface area contributed by atoms with Gasteiger partial charge in [-0.3, -0.25) is 0 Å². The van der Waals surface area contributed by atoms with Gasteiger partial charge >= 0.3 is 5.97 Å². The second-order valence-corrected chi connectivity index (χ2v) is 4.35. The van der Waals surface area contributed by atoms with Gasteiger partial charge in [0.25, 0.3) is 0 Å². The van der Waals surface area contributed by atoms with Crippen molar-refractivity contribution in [1.29, 1.82) is 5.26 Å². The number of pyridine rings is 1. The first-order chi connectivity index (χ1) is 9.99. The van der Waals surface area contributed by atoms with E-state index in [1.165, 1.54) is 18.2 Å². The number of rotatable bonds is 4. The number of carbonyl (C=O) groups is 1. The molecule has 0 aliphatic rings. The summed E-state index contributed by atoms with van der Waals surface area (Å²) >= 11 is 0. The van der Waals surface area contributed by atoms with E-state index in [2.05, 4.69) is 4.98 Å². The molecular formula is C15H11FN2O3. The predicted octanol–water partition coefficient (Wildman–Crippen LogP) is 2.68. The smallest absolute Gasteiger partial charge is 0.358 e. The molecule has 0 fully saturated rings. The molecule has 0 saturated heterocycles. The third-order valence-corrected chi connectivity index (χ3v) is 2.68. The number of carboxylic acid groups (broad SMARTS) is 1. The molecule has 0 atom stereocenters. The van der Waals surface area contributed by atoms with Crippen molar-refractivity contribution in [3.8, 4) is 11.8 Å². The third-order valence-electron chi connectivity index (χ3n) is 2.68. The van der Waals surface area contributed by atoms with Gasteiger partial charge in [-0.05, 0) is 42.8 Å². The molecule has 0 aliphatic heterocycles. The van der Waals surface area contributed by atoms with Crippen LogP contribution in [0, 0.1) is 24.1 Å². The number of aromatic carboxylic acids is 1. The number of benzene rings is 1. The topological polar surface area (TPSA) is 83.2 Å². The number of nitriles is 1. The molecule has 2 aromatic rings. The van der Waals surface area contributed by atoms with Crippen molar-refractivity contribution in [2.24, 2.45) is 0 Å². The van der Waals surface area contributed by atoms with Crippen LogP contribution in [-0.4, -0.2) is 16.1 Å². The second-order valence-electron chi connectivity index (χ2n) is 4.35. The summed E-state index contributed by atoms with van der Waals surface area (Å²) in [4.78, 5) is 15.0. The van der Waals surface area contributed by atoms with Gasteiger partial charge in [0.05, 0.1) is 11.6 Å². The van der Waals surface area contributed by atoms with Gasteiger partial charge in [-0.2, -0.15) is 5.26 Å². The Balaban J connectivity index is 2.23. The lowest BCUT2D eigenvalue weighted by Gasteiger charge is -2.09. The Kier molecular flexibility index (Phi) is 4.14. The molecule has 1 aromatic heterocycles. The zero-order valence-electron chi connectivity index (χ0n) is 11.1. The minimum atomic E-state index is -1.20. The average Bonchev–Trinajstić information content (AvgIpc) is 2.45. The number of hydrogen-bond acceptors (Lipinski definition) is 4. The minimum absolute atomic E-state index is 0.0581. The SMILES string of the molecule is Cc1ccc(OCc2cc(F)cc(C#N)c2)c(C(=O)O)n1. The molecule has 106 valence electrons. The van der Waals surface area contributed by atoms with E-state index in [1.54, 1.807) is 13.0 Å². The Morgan fingerprint density at radius 3 is 2.86 bits per heavy atom. The molecule has 6 heteroatoms. The van der Waals surface area contributed by atoms with Crippen LogP contribution < -0.4 is 4.74 Å². The highest BCUT2D eigenvalue weighted by atomic mass is 19.1. The van der Waals surface area contributed by atoms with Gasteiger partial charge in [-0.15, -0.1) is 0 Å². The predicted molar refractivity (Wildman–Crippen MR) is 71.4 cm³/mol. The van der Waals surface area contributed by atoms with Crippen LogP contribution in [0.4, 0.5) is 4.39 Å². The normalized spacial score (nSPS) is 9.95. The molecule has 1 N–H and O–H groups in total. The van der Waals surface area contributed by atoms with Crippen LogP contribution in [0.2, 0.25) is 0 Å². The quantitative estimate of drug-likeness (QED) is 0.934. The summed E-state index contributed by atoms with van der Waals surface area (Å²) in [6.07, 6.45) is 0. The summed E-state index contributed by atoms with van der Waals surface area (Å²) in [7, 11) is 0. The van der Waals surface area contributed by atoms with Gasteiger partial charge in [0.2, 0.25) is 0 Å². The highest BCUT2D eigenvalue weighted by Gasteiger charge is 2.14. The summed E-state index contributed by atoms with van der Waals surface area (Å²) < 4.78 is 18.7. The standard InChI is InChI=1S/C15H11FN2O3/c1-9-2-3-13(14(18-9)15(19)20)21-8-11-4-10(7-17)5-12(16)6-11/h2-6H,8H2,1H3,(H,19,20). The maximum Gasteiger partial charge on any atom is 0.358 e. The molecule has 2 rings (SSSR count). The minimum Gasteiger partial charge on any atom is -0.486 e. The molecule has 1 aromatic carbocycles. The summed E-state index contributed by atoms with van der Waals surface area (Å²) in [6, 6.07) is 8.77. The highest BCUT2D eigenvalue weighted by molar-refractivity contribution is 5.88. The number of aromatic nitrogens is 1. The number of ether oxygens (including phenoxy) is 1. The molecule has 0 saturated carbocycles. The lowest BCUT2D eigenvalue weighted by atomic mass is 10.1. The highest BCUT2D eigenvalue weighted by Crippen LogP contribution is 2.19. The number of aryl methyl sites for hydroxylation is 1. The van der Waals surface area contributed by atoms with Gasteiger partial charge in [-0.25, -0.2) is 14.2 Å². The molecule has 5 nitrogen and oxygen atoms in total. The molecule has 0 radical (unpaired) electrons. The van der Waals surface area contributed by atoms with E-state index in [4.69, 9.17) is 15.1 Å². The molecule has 0 unspecified atom stereocenters. The fourth-order valence-electron chi connectivity index (χ4n) is 1.77. The first-order valence-electron chi connectivity index (χ1n) is 6.03. The van der Waals surface area contributed by atoms with Crippen molar-refractivity contribution in [3.05, 3.63) is 58.7 Å². The zero-order valence-corrected chi connectivity index (χ0v) is 11.1. The summed E-state index contributed by atoms with van der Waals surface area (Å²) in [5, 5.41) is 17.8. The van der Waals surface area contributed by atoms with Crippen molar-refractivity contribution >= 4 is 5.97 Å². The van der Waals surface area contributed by atoms with E-state index in [0.717, 1.165) is 6.07 Å². The third kappa shape index (κ3) is 3.54. The lowest BCUT2D eigenvalue weighted by molar-refractivity contribution is 0.0684. The van der Waals surface area contributed by atoms with Crippen LogP contribution in [0.3, 0.4) is 0 Å². The summed E-state index contributed by atoms with van der Waals surface area (Å²) in [6.45, 7) is 1.61. The molecular weight excluding hydrogens is 275 g/mol. The van der Waals surface area contributed by atoms with Crippen LogP contribution in [-0.2, 0) is 6.61 Å². The van der Waals surface area contributed by atoms with Crippen LogP contribution in [0.15, 0.2) is 30.3 Å². The molecule has 0 aliphatic carbocycles. The number of nitrogens with zero attached hydrogens (tertiary/aromatic N) is 2. The van der Waals surface area contributed by atoms with Gasteiger partial charge < -0.3 is 9.84 Å².